The molecule has 0 spiro atoms. The minimum Gasteiger partial charge on any atom is -0.494 e. The third kappa shape index (κ3) is 3.61. The molecule has 25 heavy (non-hydrogen) atoms. The number of ether oxygens (including phenoxy) is 1. The van der Waals surface area contributed by atoms with Crippen molar-refractivity contribution < 1.29 is 19.1 Å². The van der Waals surface area contributed by atoms with Gasteiger partial charge in [-0.05, 0) is 48.9 Å². The highest BCUT2D eigenvalue weighted by atomic mass is 16.5. The normalized spacial score (nSPS) is 11.0. The number of hydrogen-bond acceptors (Lipinski definition) is 4. The highest BCUT2D eigenvalue weighted by Gasteiger charge is 2.10. The van der Waals surface area contributed by atoms with Crippen molar-refractivity contribution in [3.05, 3.63) is 71.5 Å². The van der Waals surface area contributed by atoms with Gasteiger partial charge in [-0.3, -0.25) is 0 Å². The minimum absolute atomic E-state index is 0.255. The topological polar surface area (TPSA) is 72.0 Å². The van der Waals surface area contributed by atoms with Crippen LogP contribution in [0, 0.1) is 6.92 Å². The van der Waals surface area contributed by atoms with E-state index in [0.717, 1.165) is 11.1 Å². The van der Waals surface area contributed by atoms with Crippen molar-refractivity contribution in [2.24, 2.45) is 4.99 Å². The Kier molecular flexibility index (Phi) is 4.66. The Morgan fingerprint density at radius 1 is 1.16 bits per heavy atom. The first-order valence-corrected chi connectivity index (χ1v) is 7.69. The van der Waals surface area contributed by atoms with Crippen LogP contribution in [-0.4, -0.2) is 24.4 Å². The van der Waals surface area contributed by atoms with Crippen LogP contribution >= 0.6 is 0 Å². The highest BCUT2D eigenvalue weighted by Crippen LogP contribution is 2.28. The number of furan rings is 1. The van der Waals surface area contributed by atoms with Crippen LogP contribution in [0.4, 0.5) is 5.69 Å². The van der Waals surface area contributed by atoms with E-state index in [1.54, 1.807) is 31.5 Å². The molecule has 0 atom stereocenters. The zero-order chi connectivity index (χ0) is 17.8. The van der Waals surface area contributed by atoms with Crippen LogP contribution in [0.1, 0.15) is 21.7 Å². The summed E-state index contributed by atoms with van der Waals surface area (Å²) < 4.78 is 11.1. The van der Waals surface area contributed by atoms with Gasteiger partial charge in [-0.15, -0.1) is 0 Å². The first kappa shape index (κ1) is 16.5. The molecule has 0 aliphatic heterocycles. The second-order valence-corrected chi connectivity index (χ2v) is 5.47. The maximum absolute atomic E-state index is 11.0. The van der Waals surface area contributed by atoms with E-state index < -0.39 is 5.97 Å². The first-order valence-electron chi connectivity index (χ1n) is 7.69. The van der Waals surface area contributed by atoms with Crippen LogP contribution in [0.15, 0.2) is 64.0 Å². The van der Waals surface area contributed by atoms with Gasteiger partial charge in [0.15, 0.2) is 0 Å². The molecular formula is C20H17NO4. The third-order valence-electron chi connectivity index (χ3n) is 3.78. The summed E-state index contributed by atoms with van der Waals surface area (Å²) in [6, 6.07) is 16.1. The van der Waals surface area contributed by atoms with Crippen LogP contribution in [0.25, 0.3) is 11.3 Å². The molecule has 3 rings (SSSR count). The summed E-state index contributed by atoms with van der Waals surface area (Å²) >= 11 is 0. The monoisotopic (exact) mass is 335 g/mol. The summed E-state index contributed by atoms with van der Waals surface area (Å²) in [5, 5.41) is 9.04. The van der Waals surface area contributed by atoms with Crippen LogP contribution in [0.5, 0.6) is 5.75 Å². The lowest BCUT2D eigenvalue weighted by Crippen LogP contribution is -1.96. The quantitative estimate of drug-likeness (QED) is 0.685. The number of hydrogen-bond donors (Lipinski definition) is 1. The third-order valence-corrected chi connectivity index (χ3v) is 3.78. The van der Waals surface area contributed by atoms with Crippen molar-refractivity contribution in [1.29, 1.82) is 0 Å². The average molecular weight is 335 g/mol. The molecule has 0 saturated heterocycles. The molecule has 1 N–H and O–H groups in total. The molecule has 0 unspecified atom stereocenters. The molecular weight excluding hydrogens is 318 g/mol. The number of carboxylic acids is 1. The second-order valence-electron chi connectivity index (χ2n) is 5.47. The average Bonchev–Trinajstić information content (AvgIpc) is 3.08. The predicted molar refractivity (Wildman–Crippen MR) is 96.1 cm³/mol. The highest BCUT2D eigenvalue weighted by molar-refractivity contribution is 5.89. The van der Waals surface area contributed by atoms with Crippen molar-refractivity contribution in [2.75, 3.05) is 7.11 Å². The van der Waals surface area contributed by atoms with Crippen LogP contribution < -0.4 is 4.74 Å². The lowest BCUT2D eigenvalue weighted by Gasteiger charge is -2.04. The molecule has 0 aliphatic rings. The van der Waals surface area contributed by atoms with Crippen LogP contribution in [-0.2, 0) is 0 Å². The van der Waals surface area contributed by atoms with E-state index in [1.165, 1.54) is 0 Å². The summed E-state index contributed by atoms with van der Waals surface area (Å²) in [5.74, 6) is 1.00. The molecule has 0 amide bonds. The lowest BCUT2D eigenvalue weighted by atomic mass is 10.0. The van der Waals surface area contributed by atoms with Crippen molar-refractivity contribution in [1.82, 2.24) is 0 Å². The summed E-state index contributed by atoms with van der Waals surface area (Å²) in [5.41, 5.74) is 2.65. The largest absolute Gasteiger partial charge is 0.494 e. The fourth-order valence-electron chi connectivity index (χ4n) is 2.51. The standard InChI is InChI=1S/C20H17NO4/c1-13-11-14(20(22)23)7-9-16(13)18-10-8-15(25-18)12-21-17-5-3-4-6-19(17)24-2/h3-12H,1-2H3,(H,22,23). The van der Waals surface area contributed by atoms with E-state index in [0.29, 0.717) is 23.0 Å². The molecule has 0 saturated carbocycles. The SMILES string of the molecule is COc1ccccc1N=Cc1ccc(-c2ccc(C(=O)O)cc2C)o1. The second kappa shape index (κ2) is 7.05. The van der Waals surface area contributed by atoms with Gasteiger partial charge in [0.1, 0.15) is 23.0 Å². The molecule has 1 heterocycles. The summed E-state index contributed by atoms with van der Waals surface area (Å²) in [7, 11) is 1.60. The lowest BCUT2D eigenvalue weighted by molar-refractivity contribution is 0.0697. The van der Waals surface area contributed by atoms with Crippen molar-refractivity contribution in [3.63, 3.8) is 0 Å². The van der Waals surface area contributed by atoms with Gasteiger partial charge in [0, 0.05) is 5.56 Å². The summed E-state index contributed by atoms with van der Waals surface area (Å²) in [4.78, 5) is 15.4. The molecule has 1 aromatic heterocycles. The Bertz CT molecular complexity index is 940. The zero-order valence-corrected chi connectivity index (χ0v) is 13.9. The number of aliphatic imine (C=N–C) groups is 1. The number of nitrogens with zero attached hydrogens (tertiary/aromatic N) is 1. The van der Waals surface area contributed by atoms with Crippen molar-refractivity contribution in [3.8, 4) is 17.1 Å². The molecule has 5 nitrogen and oxygen atoms in total. The van der Waals surface area contributed by atoms with Crippen molar-refractivity contribution >= 4 is 17.9 Å². The van der Waals surface area contributed by atoms with Crippen LogP contribution in [0.3, 0.4) is 0 Å². The van der Waals surface area contributed by atoms with E-state index in [-0.39, 0.29) is 5.56 Å². The van der Waals surface area contributed by atoms with Gasteiger partial charge in [-0.1, -0.05) is 18.2 Å². The van der Waals surface area contributed by atoms with Gasteiger partial charge in [-0.25, -0.2) is 9.79 Å². The summed E-state index contributed by atoms with van der Waals surface area (Å²) in [6.07, 6.45) is 1.63. The van der Waals surface area contributed by atoms with Gasteiger partial charge < -0.3 is 14.3 Å². The maximum atomic E-state index is 11.0. The number of carboxylic acid groups (broad SMARTS) is 1. The first-order chi connectivity index (χ1) is 12.1. The van der Waals surface area contributed by atoms with Gasteiger partial charge in [0.25, 0.3) is 0 Å². The number of aromatic carboxylic acids is 1. The molecule has 0 radical (unpaired) electrons. The molecule has 126 valence electrons. The molecule has 0 bridgehead atoms. The Morgan fingerprint density at radius 2 is 1.96 bits per heavy atom. The Morgan fingerprint density at radius 3 is 2.68 bits per heavy atom. The molecule has 5 heteroatoms. The smallest absolute Gasteiger partial charge is 0.335 e. The molecule has 0 fully saturated rings. The number of aryl methyl sites for hydroxylation is 1. The fraction of sp³-hybridized carbons (Fsp3) is 0.100. The Balaban J connectivity index is 1.85. The number of carbonyl (C=O) groups is 1. The van der Waals surface area contributed by atoms with E-state index in [2.05, 4.69) is 4.99 Å². The Labute approximate surface area is 145 Å². The van der Waals surface area contributed by atoms with E-state index in [4.69, 9.17) is 14.3 Å². The number of para-hydroxylation sites is 2. The van der Waals surface area contributed by atoms with E-state index in [1.807, 2.05) is 43.3 Å². The molecule has 3 aromatic rings. The van der Waals surface area contributed by atoms with Crippen molar-refractivity contribution in [2.45, 2.75) is 6.92 Å². The predicted octanol–water partition coefficient (Wildman–Crippen LogP) is 4.71. The number of rotatable bonds is 5. The van der Waals surface area contributed by atoms with E-state index in [9.17, 15) is 4.79 Å². The number of benzene rings is 2. The maximum Gasteiger partial charge on any atom is 0.335 e. The molecule has 0 aliphatic carbocycles. The minimum atomic E-state index is -0.946. The Hall–Kier alpha value is -3.34. The zero-order valence-electron chi connectivity index (χ0n) is 13.9. The fourth-order valence-corrected chi connectivity index (χ4v) is 2.51. The van der Waals surface area contributed by atoms with Gasteiger partial charge in [0.05, 0.1) is 18.9 Å². The van der Waals surface area contributed by atoms with Crippen LogP contribution in [0.2, 0.25) is 0 Å². The van der Waals surface area contributed by atoms with Gasteiger partial charge >= 0.3 is 5.97 Å². The van der Waals surface area contributed by atoms with Gasteiger partial charge in [0.2, 0.25) is 0 Å². The van der Waals surface area contributed by atoms with E-state index >= 15 is 0 Å². The number of methoxy groups -OCH3 is 1. The van der Waals surface area contributed by atoms with Gasteiger partial charge in [-0.2, -0.15) is 0 Å². The summed E-state index contributed by atoms with van der Waals surface area (Å²) in [6.45, 7) is 1.85. The molecule has 2 aromatic carbocycles.